The molecule has 2 fully saturated rings. The zero-order valence-electron chi connectivity index (χ0n) is 13.3. The van der Waals surface area contributed by atoms with Gasteiger partial charge in [-0.05, 0) is 31.6 Å². The van der Waals surface area contributed by atoms with Crippen LogP contribution in [0.2, 0.25) is 0 Å². The third-order valence-electron chi connectivity index (χ3n) is 5.04. The van der Waals surface area contributed by atoms with Gasteiger partial charge in [-0.25, -0.2) is 0 Å². The number of nitrogens with two attached hydrogens (primary N) is 1. The van der Waals surface area contributed by atoms with E-state index in [4.69, 9.17) is 5.73 Å². The highest BCUT2D eigenvalue weighted by atomic mass is 16.3. The van der Waals surface area contributed by atoms with Gasteiger partial charge in [-0.1, -0.05) is 6.08 Å². The van der Waals surface area contributed by atoms with Gasteiger partial charge in [0.25, 0.3) is 0 Å². The summed E-state index contributed by atoms with van der Waals surface area (Å²) < 4.78 is 0. The maximum Gasteiger partial charge on any atom is 0.242 e. The molecule has 0 saturated carbocycles. The first-order chi connectivity index (χ1) is 10.4. The van der Waals surface area contributed by atoms with E-state index in [2.05, 4.69) is 6.58 Å². The third-order valence-corrected chi connectivity index (χ3v) is 5.04. The number of hydrogen-bond donors (Lipinski definition) is 2. The molecule has 0 aromatic heterocycles. The monoisotopic (exact) mass is 309 g/mol. The Morgan fingerprint density at radius 3 is 2.64 bits per heavy atom. The van der Waals surface area contributed by atoms with E-state index in [-0.39, 0.29) is 17.2 Å². The lowest BCUT2D eigenvalue weighted by atomic mass is 9.72. The van der Waals surface area contributed by atoms with Crippen molar-refractivity contribution in [3.05, 3.63) is 12.7 Å². The van der Waals surface area contributed by atoms with Crippen LogP contribution in [0.1, 0.15) is 32.6 Å². The summed E-state index contributed by atoms with van der Waals surface area (Å²) in [4.78, 5) is 27.7. The van der Waals surface area contributed by atoms with Crippen molar-refractivity contribution < 1.29 is 14.7 Å². The lowest BCUT2D eigenvalue weighted by Gasteiger charge is -2.47. The largest absolute Gasteiger partial charge is 0.391 e. The first-order valence-electron chi connectivity index (χ1n) is 8.00. The highest BCUT2D eigenvalue weighted by molar-refractivity contribution is 5.82. The van der Waals surface area contributed by atoms with Crippen LogP contribution in [0.25, 0.3) is 0 Å². The number of nitrogens with zero attached hydrogens (tertiary/aromatic N) is 2. The highest BCUT2D eigenvalue weighted by Crippen LogP contribution is 2.40. The molecular weight excluding hydrogens is 282 g/mol. The van der Waals surface area contributed by atoms with Crippen LogP contribution in [0.4, 0.5) is 0 Å². The topological polar surface area (TPSA) is 86.9 Å². The quantitative estimate of drug-likeness (QED) is 0.722. The van der Waals surface area contributed by atoms with Crippen LogP contribution < -0.4 is 5.73 Å². The van der Waals surface area contributed by atoms with Gasteiger partial charge in [-0.15, -0.1) is 6.58 Å². The van der Waals surface area contributed by atoms with E-state index in [9.17, 15) is 14.7 Å². The summed E-state index contributed by atoms with van der Waals surface area (Å²) in [5, 5.41) is 9.46. The van der Waals surface area contributed by atoms with Gasteiger partial charge < -0.3 is 20.6 Å². The molecule has 2 saturated heterocycles. The van der Waals surface area contributed by atoms with Crippen LogP contribution in [0, 0.1) is 5.41 Å². The SMILES string of the molecule is C=CCN1CC2(CCC1=O)CCN(C(=O)[C@@H](N)[C@@H](C)O)CC2. The molecule has 0 aromatic carbocycles. The minimum atomic E-state index is -0.848. The zero-order chi connectivity index (χ0) is 16.3. The fourth-order valence-corrected chi connectivity index (χ4v) is 3.45. The Morgan fingerprint density at radius 1 is 1.45 bits per heavy atom. The van der Waals surface area contributed by atoms with Crippen LogP contribution in [0.15, 0.2) is 12.7 Å². The molecule has 2 rings (SSSR count). The van der Waals surface area contributed by atoms with Gasteiger partial charge in [0.05, 0.1) is 6.10 Å². The maximum absolute atomic E-state index is 12.2. The Bertz CT molecular complexity index is 442. The van der Waals surface area contributed by atoms with Crippen LogP contribution in [0.5, 0.6) is 0 Å². The van der Waals surface area contributed by atoms with E-state index in [0.717, 1.165) is 25.8 Å². The normalized spacial score (nSPS) is 24.2. The minimum absolute atomic E-state index is 0.114. The Morgan fingerprint density at radius 2 is 2.09 bits per heavy atom. The number of carbonyl (C=O) groups excluding carboxylic acids is 2. The molecule has 124 valence electrons. The number of amides is 2. The summed E-state index contributed by atoms with van der Waals surface area (Å²) >= 11 is 0. The molecule has 0 aliphatic carbocycles. The van der Waals surface area contributed by atoms with Crippen LogP contribution in [-0.2, 0) is 9.59 Å². The van der Waals surface area contributed by atoms with Crippen LogP contribution in [-0.4, -0.2) is 65.0 Å². The number of aliphatic hydroxyl groups is 1. The smallest absolute Gasteiger partial charge is 0.242 e. The predicted octanol–water partition coefficient (Wildman–Crippen LogP) is 0.112. The molecular formula is C16H27N3O3. The third kappa shape index (κ3) is 3.50. The molecule has 0 aromatic rings. The van der Waals surface area contributed by atoms with E-state index in [1.54, 1.807) is 11.0 Å². The van der Waals surface area contributed by atoms with Crippen LogP contribution in [0.3, 0.4) is 0 Å². The van der Waals surface area contributed by atoms with E-state index in [1.165, 1.54) is 6.92 Å². The molecule has 2 aliphatic heterocycles. The molecule has 2 atom stereocenters. The van der Waals surface area contributed by atoms with Gasteiger partial charge in [0.15, 0.2) is 0 Å². The Labute approximate surface area is 131 Å². The number of likely N-dealkylation sites (tertiary alicyclic amines) is 2. The Balaban J connectivity index is 1.95. The number of rotatable bonds is 4. The summed E-state index contributed by atoms with van der Waals surface area (Å²) in [6, 6.07) is -0.848. The van der Waals surface area contributed by atoms with E-state index >= 15 is 0 Å². The van der Waals surface area contributed by atoms with E-state index in [1.807, 2.05) is 4.90 Å². The summed E-state index contributed by atoms with van der Waals surface area (Å²) in [6.45, 7) is 7.89. The summed E-state index contributed by atoms with van der Waals surface area (Å²) in [6.07, 6.45) is 4.16. The minimum Gasteiger partial charge on any atom is -0.391 e. The lowest BCUT2D eigenvalue weighted by Crippen LogP contribution is -2.56. The molecule has 0 radical (unpaired) electrons. The molecule has 0 unspecified atom stereocenters. The van der Waals surface area contributed by atoms with Crippen molar-refractivity contribution >= 4 is 11.8 Å². The highest BCUT2D eigenvalue weighted by Gasteiger charge is 2.42. The molecule has 0 bridgehead atoms. The van der Waals surface area contributed by atoms with Crippen molar-refractivity contribution in [2.45, 2.75) is 44.8 Å². The van der Waals surface area contributed by atoms with Crippen molar-refractivity contribution in [2.24, 2.45) is 11.1 Å². The van der Waals surface area contributed by atoms with Crippen molar-refractivity contribution in [3.63, 3.8) is 0 Å². The molecule has 2 aliphatic rings. The van der Waals surface area contributed by atoms with E-state index < -0.39 is 12.1 Å². The lowest BCUT2D eigenvalue weighted by molar-refractivity contribution is -0.143. The fourth-order valence-electron chi connectivity index (χ4n) is 3.45. The molecule has 2 amide bonds. The van der Waals surface area contributed by atoms with Gasteiger partial charge in [0, 0.05) is 32.6 Å². The molecule has 22 heavy (non-hydrogen) atoms. The second-order valence-electron chi connectivity index (χ2n) is 6.65. The number of piperidine rings is 2. The Hall–Kier alpha value is -1.40. The number of carbonyl (C=O) groups is 2. The second-order valence-corrected chi connectivity index (χ2v) is 6.65. The predicted molar refractivity (Wildman–Crippen MR) is 83.9 cm³/mol. The van der Waals surface area contributed by atoms with Gasteiger partial charge in [0.1, 0.15) is 6.04 Å². The first-order valence-corrected chi connectivity index (χ1v) is 8.00. The summed E-state index contributed by atoms with van der Waals surface area (Å²) in [5.41, 5.74) is 5.85. The average Bonchev–Trinajstić information content (AvgIpc) is 2.51. The van der Waals surface area contributed by atoms with Gasteiger partial charge in [0.2, 0.25) is 11.8 Å². The first kappa shape index (κ1) is 17.0. The molecule has 3 N–H and O–H groups in total. The molecule has 6 heteroatoms. The molecule has 1 spiro atoms. The van der Waals surface area contributed by atoms with Crippen molar-refractivity contribution in [2.75, 3.05) is 26.2 Å². The van der Waals surface area contributed by atoms with Crippen molar-refractivity contribution in [3.8, 4) is 0 Å². The zero-order valence-corrected chi connectivity index (χ0v) is 13.3. The fraction of sp³-hybridized carbons (Fsp3) is 0.750. The second kappa shape index (κ2) is 6.79. The maximum atomic E-state index is 12.2. The van der Waals surface area contributed by atoms with Gasteiger partial charge in [-0.3, -0.25) is 9.59 Å². The van der Waals surface area contributed by atoms with Crippen molar-refractivity contribution in [1.29, 1.82) is 0 Å². The summed E-state index contributed by atoms with van der Waals surface area (Å²) in [7, 11) is 0. The van der Waals surface area contributed by atoms with Crippen LogP contribution >= 0.6 is 0 Å². The van der Waals surface area contributed by atoms with Gasteiger partial charge >= 0.3 is 0 Å². The molecule has 2 heterocycles. The van der Waals surface area contributed by atoms with Gasteiger partial charge in [-0.2, -0.15) is 0 Å². The molecule has 6 nitrogen and oxygen atoms in total. The number of hydrogen-bond acceptors (Lipinski definition) is 4. The Kier molecular flexibility index (Phi) is 5.24. The standard InChI is InChI=1S/C16H27N3O3/c1-3-8-19-11-16(5-4-13(19)21)6-9-18(10-7-16)15(22)14(17)12(2)20/h3,12,14,20H,1,4-11,17H2,2H3/t12-,14+/m1/s1. The number of aliphatic hydroxyl groups excluding tert-OH is 1. The van der Waals surface area contributed by atoms with Crippen molar-refractivity contribution in [1.82, 2.24) is 9.80 Å². The summed E-state index contributed by atoms with van der Waals surface area (Å²) in [5.74, 6) is 0.0137. The van der Waals surface area contributed by atoms with E-state index in [0.29, 0.717) is 26.1 Å². The average molecular weight is 309 g/mol.